The first-order chi connectivity index (χ1) is 14.1. The molecule has 0 radical (unpaired) electrons. The van der Waals surface area contributed by atoms with E-state index in [2.05, 4.69) is 5.43 Å². The van der Waals surface area contributed by atoms with Crippen molar-refractivity contribution in [3.05, 3.63) is 17.7 Å². The second kappa shape index (κ2) is 9.86. The molecule has 0 aliphatic carbocycles. The van der Waals surface area contributed by atoms with Gasteiger partial charge in [0.05, 0.1) is 21.3 Å². The Bertz CT molecular complexity index is 756. The van der Waals surface area contributed by atoms with Gasteiger partial charge < -0.3 is 29.0 Å². The number of ether oxygens (including phenoxy) is 4. The van der Waals surface area contributed by atoms with Gasteiger partial charge in [0.2, 0.25) is 0 Å². The van der Waals surface area contributed by atoms with Crippen LogP contribution in [0.5, 0.6) is 17.2 Å². The third-order valence-corrected chi connectivity index (χ3v) is 4.54. The molecule has 1 amide bonds. The average molecular weight is 425 g/mol. The zero-order chi connectivity index (χ0) is 22.5. The molecule has 1 aliphatic rings. The molecule has 0 bridgehead atoms. The van der Waals surface area contributed by atoms with Crippen molar-refractivity contribution < 1.29 is 33.6 Å². The standard InChI is InChI=1S/C20H31N3O7/c1-20(2,3)30-19(26)22-7-9-23(10-8-22)21-17(18(24)25)13-11-15(28-5)16(29-6)12-14(13)27-4/h11-12,17,21H,7-10H2,1-6H3,(H,24,25). The first kappa shape index (κ1) is 23.6. The molecule has 0 spiro atoms. The van der Waals surface area contributed by atoms with E-state index in [1.54, 1.807) is 22.0 Å². The highest BCUT2D eigenvalue weighted by Gasteiger charge is 2.31. The summed E-state index contributed by atoms with van der Waals surface area (Å²) in [5.41, 5.74) is 2.86. The van der Waals surface area contributed by atoms with Crippen LogP contribution in [-0.2, 0) is 9.53 Å². The van der Waals surface area contributed by atoms with Gasteiger partial charge in [0.1, 0.15) is 17.4 Å². The van der Waals surface area contributed by atoms with Crippen molar-refractivity contribution in [2.75, 3.05) is 47.5 Å². The quantitative estimate of drug-likeness (QED) is 0.677. The van der Waals surface area contributed by atoms with Gasteiger partial charge in [0.15, 0.2) is 11.5 Å². The Morgan fingerprint density at radius 3 is 1.97 bits per heavy atom. The molecule has 0 saturated carbocycles. The van der Waals surface area contributed by atoms with E-state index in [1.807, 2.05) is 20.8 Å². The number of hydrogen-bond donors (Lipinski definition) is 2. The van der Waals surface area contributed by atoms with Crippen LogP contribution >= 0.6 is 0 Å². The van der Waals surface area contributed by atoms with E-state index in [-0.39, 0.29) is 6.09 Å². The number of nitrogens with zero attached hydrogens (tertiary/aromatic N) is 2. The largest absolute Gasteiger partial charge is 0.496 e. The second-order valence-electron chi connectivity index (χ2n) is 7.80. The van der Waals surface area contributed by atoms with Crippen molar-refractivity contribution in [2.24, 2.45) is 0 Å². The Balaban J connectivity index is 2.13. The van der Waals surface area contributed by atoms with E-state index < -0.39 is 17.6 Å². The molecule has 10 heteroatoms. The maximum absolute atomic E-state index is 12.2. The van der Waals surface area contributed by atoms with E-state index in [4.69, 9.17) is 18.9 Å². The molecule has 2 rings (SSSR count). The Labute approximate surface area is 176 Å². The molecule has 168 valence electrons. The molecule has 1 aliphatic heterocycles. The van der Waals surface area contributed by atoms with Crippen LogP contribution in [0.2, 0.25) is 0 Å². The Morgan fingerprint density at radius 2 is 1.50 bits per heavy atom. The number of nitrogens with one attached hydrogen (secondary N) is 1. The van der Waals surface area contributed by atoms with Crippen molar-refractivity contribution in [1.29, 1.82) is 0 Å². The number of methoxy groups -OCH3 is 3. The van der Waals surface area contributed by atoms with Crippen LogP contribution < -0.4 is 19.6 Å². The second-order valence-corrected chi connectivity index (χ2v) is 7.80. The molecule has 10 nitrogen and oxygen atoms in total. The van der Waals surface area contributed by atoms with Gasteiger partial charge in [0, 0.05) is 37.8 Å². The fourth-order valence-corrected chi connectivity index (χ4v) is 3.06. The van der Waals surface area contributed by atoms with Crippen LogP contribution in [0.4, 0.5) is 4.79 Å². The maximum atomic E-state index is 12.2. The molecular weight excluding hydrogens is 394 g/mol. The van der Waals surface area contributed by atoms with Crippen molar-refractivity contribution in [2.45, 2.75) is 32.4 Å². The summed E-state index contributed by atoms with van der Waals surface area (Å²) in [7, 11) is 4.44. The average Bonchev–Trinajstić information content (AvgIpc) is 2.69. The summed E-state index contributed by atoms with van der Waals surface area (Å²) < 4.78 is 21.3. The highest BCUT2D eigenvalue weighted by atomic mass is 16.6. The highest BCUT2D eigenvalue weighted by molar-refractivity contribution is 5.77. The molecule has 1 aromatic rings. The molecule has 1 aromatic carbocycles. The van der Waals surface area contributed by atoms with E-state index in [0.29, 0.717) is 49.0 Å². The van der Waals surface area contributed by atoms with Crippen LogP contribution in [0.1, 0.15) is 32.4 Å². The minimum Gasteiger partial charge on any atom is -0.496 e. The molecule has 1 unspecified atom stereocenters. The summed E-state index contributed by atoms with van der Waals surface area (Å²) in [5, 5.41) is 11.6. The normalized spacial score (nSPS) is 16.0. The molecule has 2 N–H and O–H groups in total. The fourth-order valence-electron chi connectivity index (χ4n) is 3.06. The first-order valence-electron chi connectivity index (χ1n) is 9.61. The molecular formula is C20H31N3O7. The predicted octanol–water partition coefficient (Wildman–Crippen LogP) is 1.90. The minimum absolute atomic E-state index is 0.361. The monoisotopic (exact) mass is 425 g/mol. The number of rotatable bonds is 7. The van der Waals surface area contributed by atoms with E-state index in [9.17, 15) is 14.7 Å². The maximum Gasteiger partial charge on any atom is 0.410 e. The Morgan fingerprint density at radius 1 is 0.967 bits per heavy atom. The molecule has 1 saturated heterocycles. The van der Waals surface area contributed by atoms with Crippen LogP contribution in [0.15, 0.2) is 12.1 Å². The van der Waals surface area contributed by atoms with Crippen molar-refractivity contribution in [3.63, 3.8) is 0 Å². The number of carboxylic acids is 1. The lowest BCUT2D eigenvalue weighted by Gasteiger charge is -2.37. The SMILES string of the molecule is COc1cc(OC)c(C(NN2CCN(C(=O)OC(C)(C)C)CC2)C(=O)O)cc1OC. The van der Waals surface area contributed by atoms with E-state index in [0.717, 1.165) is 0 Å². The molecule has 30 heavy (non-hydrogen) atoms. The lowest BCUT2D eigenvalue weighted by Crippen LogP contribution is -2.55. The number of amides is 1. The lowest BCUT2D eigenvalue weighted by atomic mass is 10.0. The zero-order valence-electron chi connectivity index (χ0n) is 18.4. The molecule has 1 atom stereocenters. The van der Waals surface area contributed by atoms with Crippen LogP contribution in [0, 0.1) is 0 Å². The van der Waals surface area contributed by atoms with Crippen molar-refractivity contribution in [3.8, 4) is 17.2 Å². The molecule has 0 aromatic heterocycles. The third kappa shape index (κ3) is 5.90. The van der Waals surface area contributed by atoms with Gasteiger partial charge in [-0.1, -0.05) is 0 Å². The number of carbonyl (C=O) groups excluding carboxylic acids is 1. The predicted molar refractivity (Wildman–Crippen MR) is 109 cm³/mol. The van der Waals surface area contributed by atoms with Crippen molar-refractivity contribution >= 4 is 12.1 Å². The number of carbonyl (C=O) groups is 2. The van der Waals surface area contributed by atoms with Gasteiger partial charge in [-0.3, -0.25) is 4.79 Å². The number of benzene rings is 1. The summed E-state index contributed by atoms with van der Waals surface area (Å²) in [5.74, 6) is 0.124. The highest BCUT2D eigenvalue weighted by Crippen LogP contribution is 2.37. The Kier molecular flexibility index (Phi) is 7.74. The van der Waals surface area contributed by atoms with Crippen LogP contribution in [0.3, 0.4) is 0 Å². The first-order valence-corrected chi connectivity index (χ1v) is 9.61. The van der Waals surface area contributed by atoms with E-state index in [1.165, 1.54) is 21.3 Å². The third-order valence-electron chi connectivity index (χ3n) is 4.54. The summed E-state index contributed by atoms with van der Waals surface area (Å²) >= 11 is 0. The van der Waals surface area contributed by atoms with E-state index >= 15 is 0 Å². The van der Waals surface area contributed by atoms with Gasteiger partial charge in [-0.25, -0.2) is 15.2 Å². The zero-order valence-corrected chi connectivity index (χ0v) is 18.4. The van der Waals surface area contributed by atoms with Crippen LogP contribution in [0.25, 0.3) is 0 Å². The lowest BCUT2D eigenvalue weighted by molar-refractivity contribution is -0.141. The summed E-state index contributed by atoms with van der Waals surface area (Å²) in [6.07, 6.45) is -0.376. The number of piperazine rings is 1. The smallest absolute Gasteiger partial charge is 0.410 e. The number of carboxylic acid groups (broad SMARTS) is 1. The number of hydrogen-bond acceptors (Lipinski definition) is 8. The number of aliphatic carboxylic acids is 1. The van der Waals surface area contributed by atoms with Gasteiger partial charge >= 0.3 is 12.1 Å². The topological polar surface area (TPSA) is 110 Å². The van der Waals surface area contributed by atoms with Gasteiger partial charge in [-0.2, -0.15) is 0 Å². The molecule has 1 heterocycles. The fraction of sp³-hybridized carbons (Fsp3) is 0.600. The molecule has 1 fully saturated rings. The number of hydrazine groups is 1. The van der Waals surface area contributed by atoms with Gasteiger partial charge in [-0.05, 0) is 26.8 Å². The minimum atomic E-state index is -1.08. The van der Waals surface area contributed by atoms with Crippen molar-refractivity contribution in [1.82, 2.24) is 15.3 Å². The summed E-state index contributed by atoms with van der Waals surface area (Å²) in [6, 6.07) is 2.10. The van der Waals surface area contributed by atoms with Gasteiger partial charge in [0.25, 0.3) is 0 Å². The van der Waals surface area contributed by atoms with Gasteiger partial charge in [-0.15, -0.1) is 0 Å². The van der Waals surface area contributed by atoms with Crippen LogP contribution in [-0.4, -0.2) is 80.2 Å². The summed E-state index contributed by atoms with van der Waals surface area (Å²) in [6.45, 7) is 7.16. The Hall–Kier alpha value is -2.72. The summed E-state index contributed by atoms with van der Waals surface area (Å²) in [4.78, 5) is 25.8.